The van der Waals surface area contributed by atoms with Crippen molar-refractivity contribution in [3.05, 3.63) is 59.9 Å². The van der Waals surface area contributed by atoms with Crippen LogP contribution in [0.25, 0.3) is 17.3 Å². The number of aliphatic hydroxyl groups excluding tert-OH is 1. The first kappa shape index (κ1) is 28.0. The van der Waals surface area contributed by atoms with Gasteiger partial charge in [0.15, 0.2) is 11.6 Å². The van der Waals surface area contributed by atoms with Crippen LogP contribution >= 0.6 is 0 Å². The van der Waals surface area contributed by atoms with Gasteiger partial charge in [-0.3, -0.25) is 9.29 Å². The van der Waals surface area contributed by atoms with Crippen molar-refractivity contribution in [2.75, 3.05) is 32.2 Å². The fourth-order valence-corrected chi connectivity index (χ4v) is 4.96. The largest absolute Gasteiger partial charge is 0.494 e. The molecule has 0 aliphatic carbocycles. The predicted molar refractivity (Wildman–Crippen MR) is 141 cm³/mol. The number of methoxy groups -OCH3 is 2. The number of nitrogens with one attached hydrogen (secondary N) is 1. The summed E-state index contributed by atoms with van der Waals surface area (Å²) in [5, 5.41) is 16.5. The minimum Gasteiger partial charge on any atom is -0.494 e. The predicted octanol–water partition coefficient (Wildman–Crippen LogP) is 2.83. The van der Waals surface area contributed by atoms with Crippen molar-refractivity contribution in [2.24, 2.45) is 0 Å². The van der Waals surface area contributed by atoms with Gasteiger partial charge in [-0.15, -0.1) is 10.2 Å². The number of aromatic nitrogens is 5. The molecule has 208 valence electrons. The molecule has 1 aromatic carbocycles. The van der Waals surface area contributed by atoms with Crippen LogP contribution in [0.15, 0.2) is 47.1 Å². The number of hydrogen-bond donors (Lipinski definition) is 2. The highest BCUT2D eigenvalue weighted by Gasteiger charge is 2.35. The molecular formula is C25H30N6O7S. The van der Waals surface area contributed by atoms with Crippen LogP contribution in [-0.2, 0) is 14.8 Å². The van der Waals surface area contributed by atoms with E-state index in [-0.39, 0.29) is 30.8 Å². The number of sulfonamides is 1. The van der Waals surface area contributed by atoms with E-state index >= 15 is 0 Å². The number of para-hydroxylation sites is 1. The van der Waals surface area contributed by atoms with Crippen molar-refractivity contribution < 1.29 is 32.2 Å². The van der Waals surface area contributed by atoms with Gasteiger partial charge >= 0.3 is 0 Å². The first-order chi connectivity index (χ1) is 18.7. The molecular weight excluding hydrogens is 528 g/mol. The fraction of sp³-hybridized carbons (Fsp3) is 0.360. The summed E-state index contributed by atoms with van der Waals surface area (Å²) in [6.45, 7) is 4.62. The van der Waals surface area contributed by atoms with Crippen LogP contribution in [0.1, 0.15) is 30.2 Å². The zero-order valence-corrected chi connectivity index (χ0v) is 23.0. The van der Waals surface area contributed by atoms with E-state index in [1.165, 1.54) is 25.7 Å². The second-order valence-electron chi connectivity index (χ2n) is 8.59. The molecule has 0 unspecified atom stereocenters. The molecule has 39 heavy (non-hydrogen) atoms. The minimum atomic E-state index is -4.21. The Labute approximate surface area is 225 Å². The Hall–Kier alpha value is -4.01. The van der Waals surface area contributed by atoms with Gasteiger partial charge in [-0.1, -0.05) is 6.07 Å². The van der Waals surface area contributed by atoms with Gasteiger partial charge in [0, 0.05) is 12.4 Å². The van der Waals surface area contributed by atoms with E-state index < -0.39 is 21.4 Å². The molecule has 0 radical (unpaired) electrons. The SMILES string of the molecule is COc1cccc(OC)c1-n1c(NS(=O)(=O)[C@H](C)[C@H](OCCO)c2ncc(C)cn2)nnc1-c1ccc(C)o1. The van der Waals surface area contributed by atoms with E-state index in [4.69, 9.17) is 18.6 Å². The lowest BCUT2D eigenvalue weighted by atomic mass is 10.2. The maximum absolute atomic E-state index is 13.7. The van der Waals surface area contributed by atoms with Gasteiger partial charge in [-0.05, 0) is 50.6 Å². The number of aryl methyl sites for hydroxylation is 2. The first-order valence-corrected chi connectivity index (χ1v) is 13.5. The van der Waals surface area contributed by atoms with Crippen molar-refractivity contribution in [2.45, 2.75) is 32.1 Å². The lowest BCUT2D eigenvalue weighted by Gasteiger charge is -2.24. The van der Waals surface area contributed by atoms with Crippen LogP contribution in [0, 0.1) is 13.8 Å². The van der Waals surface area contributed by atoms with Crippen LogP contribution in [-0.4, -0.2) is 70.9 Å². The zero-order chi connectivity index (χ0) is 28.2. The van der Waals surface area contributed by atoms with Gasteiger partial charge in [0.25, 0.3) is 0 Å². The Morgan fingerprint density at radius 3 is 2.28 bits per heavy atom. The average molecular weight is 559 g/mol. The number of rotatable bonds is 12. The molecule has 0 aliphatic heterocycles. The molecule has 0 amide bonds. The normalized spacial score (nSPS) is 13.2. The number of anilines is 1. The lowest BCUT2D eigenvalue weighted by molar-refractivity contribution is 0.0227. The second-order valence-corrected chi connectivity index (χ2v) is 10.6. The van der Waals surface area contributed by atoms with E-state index in [1.54, 1.807) is 49.6 Å². The molecule has 3 aromatic heterocycles. The monoisotopic (exact) mass is 558 g/mol. The third kappa shape index (κ3) is 5.87. The summed E-state index contributed by atoms with van der Waals surface area (Å²) < 4.78 is 54.0. The molecule has 14 heteroatoms. The molecule has 0 saturated heterocycles. The van der Waals surface area contributed by atoms with Crippen LogP contribution in [0.2, 0.25) is 0 Å². The summed E-state index contributed by atoms with van der Waals surface area (Å²) in [7, 11) is -1.24. The van der Waals surface area contributed by atoms with E-state index in [9.17, 15) is 13.5 Å². The van der Waals surface area contributed by atoms with Gasteiger partial charge in [-0.25, -0.2) is 18.4 Å². The highest BCUT2D eigenvalue weighted by atomic mass is 32.2. The van der Waals surface area contributed by atoms with E-state index in [0.717, 1.165) is 5.56 Å². The topological polar surface area (TPSA) is 164 Å². The molecule has 4 aromatic rings. The molecule has 2 atom stereocenters. The van der Waals surface area contributed by atoms with Crippen molar-refractivity contribution >= 4 is 16.0 Å². The van der Waals surface area contributed by atoms with Gasteiger partial charge < -0.3 is 23.7 Å². The maximum Gasteiger partial charge on any atom is 0.243 e. The van der Waals surface area contributed by atoms with Gasteiger partial charge in [-0.2, -0.15) is 0 Å². The quantitative estimate of drug-likeness (QED) is 0.263. The van der Waals surface area contributed by atoms with Crippen LogP contribution in [0.3, 0.4) is 0 Å². The Bertz CT molecular complexity index is 1500. The summed E-state index contributed by atoms with van der Waals surface area (Å²) in [5.74, 6) is 1.97. The summed E-state index contributed by atoms with van der Waals surface area (Å²) in [6, 6.07) is 8.59. The Kier molecular flexibility index (Phi) is 8.47. The lowest BCUT2D eigenvalue weighted by Crippen LogP contribution is -2.34. The van der Waals surface area contributed by atoms with Gasteiger partial charge in [0.1, 0.15) is 34.3 Å². The van der Waals surface area contributed by atoms with E-state index in [1.807, 2.05) is 6.92 Å². The summed E-state index contributed by atoms with van der Waals surface area (Å²) in [5.41, 5.74) is 1.16. The van der Waals surface area contributed by atoms with Gasteiger partial charge in [0.05, 0.1) is 27.4 Å². The van der Waals surface area contributed by atoms with E-state index in [2.05, 4.69) is 24.9 Å². The third-order valence-corrected chi connectivity index (χ3v) is 7.54. The molecule has 0 bridgehead atoms. The number of benzene rings is 1. The van der Waals surface area contributed by atoms with Crippen molar-refractivity contribution in [1.82, 2.24) is 24.7 Å². The number of nitrogens with zero attached hydrogens (tertiary/aromatic N) is 5. The Morgan fingerprint density at radius 2 is 1.72 bits per heavy atom. The molecule has 0 saturated carbocycles. The fourth-order valence-electron chi connectivity index (χ4n) is 3.86. The van der Waals surface area contributed by atoms with Crippen molar-refractivity contribution in [1.29, 1.82) is 0 Å². The number of aliphatic hydroxyl groups is 1. The zero-order valence-electron chi connectivity index (χ0n) is 22.2. The number of ether oxygens (including phenoxy) is 3. The Balaban J connectivity index is 1.81. The highest BCUT2D eigenvalue weighted by molar-refractivity contribution is 7.93. The van der Waals surface area contributed by atoms with Crippen LogP contribution in [0.4, 0.5) is 5.95 Å². The molecule has 0 spiro atoms. The number of hydrogen-bond acceptors (Lipinski definition) is 11. The summed E-state index contributed by atoms with van der Waals surface area (Å²) in [6.07, 6.45) is 2.04. The standard InChI is InChI=1S/C25H30N6O7S/c1-15-13-26-23(27-14-15)22(37-12-11-32)17(3)39(33,34)30-25-29-28-24(20-10-9-16(2)38-20)31(25)21-18(35-4)7-6-8-19(21)36-5/h6-10,13-14,17,22,32H,11-12H2,1-5H3,(H,29,30)/t17-,22+/m1/s1. The minimum absolute atomic E-state index is 0.113. The Morgan fingerprint density at radius 1 is 1.05 bits per heavy atom. The molecule has 0 aliphatic rings. The summed E-state index contributed by atoms with van der Waals surface area (Å²) in [4.78, 5) is 8.48. The molecule has 2 N–H and O–H groups in total. The third-order valence-electron chi connectivity index (χ3n) is 5.84. The van der Waals surface area contributed by atoms with Gasteiger partial charge in [0.2, 0.25) is 21.8 Å². The second kappa shape index (κ2) is 11.8. The maximum atomic E-state index is 13.7. The molecule has 3 heterocycles. The molecule has 4 rings (SSSR count). The van der Waals surface area contributed by atoms with Crippen molar-refractivity contribution in [3.8, 4) is 28.8 Å². The van der Waals surface area contributed by atoms with Crippen LogP contribution < -0.4 is 14.2 Å². The van der Waals surface area contributed by atoms with E-state index in [0.29, 0.717) is 28.7 Å². The molecule has 13 nitrogen and oxygen atoms in total. The first-order valence-electron chi connectivity index (χ1n) is 12.0. The molecule has 0 fully saturated rings. The highest BCUT2D eigenvalue weighted by Crippen LogP contribution is 2.38. The average Bonchev–Trinajstić information content (AvgIpc) is 3.54. The smallest absolute Gasteiger partial charge is 0.243 e. The van der Waals surface area contributed by atoms with Crippen LogP contribution in [0.5, 0.6) is 11.5 Å². The summed E-state index contributed by atoms with van der Waals surface area (Å²) >= 11 is 0. The van der Waals surface area contributed by atoms with Crippen molar-refractivity contribution in [3.63, 3.8) is 0 Å². The number of furan rings is 1.